The minimum Gasteiger partial charge on any atom is -0.460 e. The van der Waals surface area contributed by atoms with Crippen LogP contribution in [0.4, 0.5) is 0 Å². The van der Waals surface area contributed by atoms with Crippen molar-refractivity contribution in [1.29, 1.82) is 0 Å². The topological polar surface area (TPSA) is 69.7 Å². The molecule has 0 radical (unpaired) electrons. The lowest BCUT2D eigenvalue weighted by atomic mass is 9.82. The van der Waals surface area contributed by atoms with Gasteiger partial charge >= 0.3 is 11.9 Å². The Kier molecular flexibility index (Phi) is 8.79. The van der Waals surface area contributed by atoms with E-state index >= 15 is 0 Å². The lowest BCUT2D eigenvalue weighted by Gasteiger charge is -2.25. The van der Waals surface area contributed by atoms with Gasteiger partial charge in [-0.1, -0.05) is 90.5 Å². The molecule has 0 unspecified atom stereocenters. The number of carbonyl (C=O) groups excluding carboxylic acids is 3. The van der Waals surface area contributed by atoms with E-state index in [0.717, 1.165) is 11.1 Å². The van der Waals surface area contributed by atoms with Crippen molar-refractivity contribution in [1.82, 2.24) is 0 Å². The lowest BCUT2D eigenvalue weighted by Crippen LogP contribution is -2.34. The SMILES string of the molecule is CC(=O)C[C@@H](c1ccccc1Cl)C(C(=O)OCc1ccccc1)C(=O)OCc1ccccc1. The number of Topliss-reactive ketones (excluding diaryl/α,β-unsaturated/α-hetero) is 1. The molecule has 0 heterocycles. The summed E-state index contributed by atoms with van der Waals surface area (Å²) < 4.78 is 11.0. The molecule has 0 saturated carbocycles. The Labute approximate surface area is 198 Å². The first-order valence-corrected chi connectivity index (χ1v) is 11.0. The largest absolute Gasteiger partial charge is 0.460 e. The van der Waals surface area contributed by atoms with E-state index in [1.165, 1.54) is 6.92 Å². The van der Waals surface area contributed by atoms with Crippen LogP contribution in [0.1, 0.15) is 36.0 Å². The Morgan fingerprint density at radius 3 is 1.64 bits per heavy atom. The molecule has 0 aliphatic carbocycles. The molecule has 6 heteroatoms. The highest BCUT2D eigenvalue weighted by Crippen LogP contribution is 2.35. The maximum atomic E-state index is 13.2. The van der Waals surface area contributed by atoms with Gasteiger partial charge in [-0.2, -0.15) is 0 Å². The molecule has 3 aromatic carbocycles. The normalized spacial score (nSPS) is 11.6. The maximum Gasteiger partial charge on any atom is 0.321 e. The van der Waals surface area contributed by atoms with E-state index in [0.29, 0.717) is 10.6 Å². The van der Waals surface area contributed by atoms with Crippen LogP contribution < -0.4 is 0 Å². The fourth-order valence-electron chi connectivity index (χ4n) is 3.55. The number of rotatable bonds is 10. The van der Waals surface area contributed by atoms with Gasteiger partial charge in [-0.25, -0.2) is 0 Å². The molecule has 0 aromatic heterocycles. The van der Waals surface area contributed by atoms with E-state index in [1.807, 2.05) is 60.7 Å². The zero-order valence-corrected chi connectivity index (χ0v) is 19.0. The maximum absolute atomic E-state index is 13.2. The molecule has 0 spiro atoms. The van der Waals surface area contributed by atoms with Gasteiger partial charge in [-0.3, -0.25) is 9.59 Å². The highest BCUT2D eigenvalue weighted by atomic mass is 35.5. The van der Waals surface area contributed by atoms with Crippen LogP contribution in [0.25, 0.3) is 0 Å². The first-order valence-electron chi connectivity index (χ1n) is 10.6. The Morgan fingerprint density at radius 2 is 1.18 bits per heavy atom. The molecule has 0 fully saturated rings. The number of halogens is 1. The number of ether oxygens (including phenoxy) is 2. The van der Waals surface area contributed by atoms with Crippen LogP contribution in [0.5, 0.6) is 0 Å². The first kappa shape index (κ1) is 24.2. The second-order valence-corrected chi connectivity index (χ2v) is 8.11. The Hall–Kier alpha value is -3.44. The van der Waals surface area contributed by atoms with Gasteiger partial charge in [0.05, 0.1) is 0 Å². The summed E-state index contributed by atoms with van der Waals surface area (Å²) in [5.41, 5.74) is 2.08. The van der Waals surface area contributed by atoms with Crippen molar-refractivity contribution in [3.63, 3.8) is 0 Å². The average molecular weight is 465 g/mol. The molecule has 3 rings (SSSR count). The quantitative estimate of drug-likeness (QED) is 0.292. The first-order chi connectivity index (χ1) is 16.0. The second kappa shape index (κ2) is 12.0. The van der Waals surface area contributed by atoms with Crippen molar-refractivity contribution in [2.24, 2.45) is 5.92 Å². The minimum absolute atomic E-state index is 0.00253. The summed E-state index contributed by atoms with van der Waals surface area (Å²) in [6.07, 6.45) is -0.0602. The molecule has 1 atom stereocenters. The predicted molar refractivity (Wildman–Crippen MR) is 125 cm³/mol. The van der Waals surface area contributed by atoms with Crippen LogP contribution in [-0.2, 0) is 37.1 Å². The molecule has 5 nitrogen and oxygen atoms in total. The number of benzene rings is 3. The van der Waals surface area contributed by atoms with Crippen molar-refractivity contribution in [2.45, 2.75) is 32.5 Å². The van der Waals surface area contributed by atoms with Gasteiger partial charge < -0.3 is 14.3 Å². The fourth-order valence-corrected chi connectivity index (χ4v) is 3.83. The number of esters is 2. The van der Waals surface area contributed by atoms with Crippen molar-refractivity contribution >= 4 is 29.3 Å². The Balaban J connectivity index is 1.88. The molecular formula is C27H25ClO5. The van der Waals surface area contributed by atoms with E-state index in [-0.39, 0.29) is 25.4 Å². The summed E-state index contributed by atoms with van der Waals surface area (Å²) >= 11 is 6.39. The molecule has 3 aromatic rings. The fraction of sp³-hybridized carbons (Fsp3) is 0.222. The molecule has 0 aliphatic heterocycles. The van der Waals surface area contributed by atoms with E-state index < -0.39 is 23.8 Å². The van der Waals surface area contributed by atoms with Crippen LogP contribution in [-0.4, -0.2) is 17.7 Å². The van der Waals surface area contributed by atoms with Gasteiger partial charge in [-0.05, 0) is 29.7 Å². The van der Waals surface area contributed by atoms with Crippen LogP contribution >= 0.6 is 11.6 Å². The number of carbonyl (C=O) groups is 3. The molecule has 170 valence electrons. The smallest absolute Gasteiger partial charge is 0.321 e. The Bertz CT molecular complexity index is 1030. The molecule has 0 bridgehead atoms. The molecule has 0 aliphatic rings. The van der Waals surface area contributed by atoms with Gasteiger partial charge in [0.15, 0.2) is 5.92 Å². The molecule has 0 saturated heterocycles. The lowest BCUT2D eigenvalue weighted by molar-refractivity contribution is -0.165. The Morgan fingerprint density at radius 1 is 0.727 bits per heavy atom. The van der Waals surface area contributed by atoms with E-state index in [2.05, 4.69) is 0 Å². The van der Waals surface area contributed by atoms with Crippen LogP contribution in [0.2, 0.25) is 5.02 Å². The monoisotopic (exact) mass is 464 g/mol. The summed E-state index contributed by atoms with van der Waals surface area (Å²) in [4.78, 5) is 38.5. The third-order valence-electron chi connectivity index (χ3n) is 5.17. The standard InChI is InChI=1S/C27H25ClO5/c1-19(29)16-23(22-14-8-9-15-24(22)28)25(26(30)32-17-20-10-4-2-5-11-20)27(31)33-18-21-12-6-3-7-13-21/h2-15,23,25H,16-18H2,1H3/t23-/m0/s1. The second-order valence-electron chi connectivity index (χ2n) is 7.70. The van der Waals surface area contributed by atoms with Crippen molar-refractivity contribution in [2.75, 3.05) is 0 Å². The minimum atomic E-state index is -1.35. The van der Waals surface area contributed by atoms with Gasteiger partial charge in [-0.15, -0.1) is 0 Å². The number of hydrogen-bond donors (Lipinski definition) is 0. The van der Waals surface area contributed by atoms with Crippen molar-refractivity contribution in [3.8, 4) is 0 Å². The van der Waals surface area contributed by atoms with Crippen LogP contribution in [0, 0.1) is 5.92 Å². The third-order valence-corrected chi connectivity index (χ3v) is 5.51. The van der Waals surface area contributed by atoms with E-state index in [4.69, 9.17) is 21.1 Å². The average Bonchev–Trinajstić information content (AvgIpc) is 2.82. The number of hydrogen-bond acceptors (Lipinski definition) is 5. The zero-order chi connectivity index (χ0) is 23.6. The van der Waals surface area contributed by atoms with Crippen LogP contribution in [0.3, 0.4) is 0 Å². The van der Waals surface area contributed by atoms with E-state index in [9.17, 15) is 14.4 Å². The highest BCUT2D eigenvalue weighted by Gasteiger charge is 2.40. The summed E-state index contributed by atoms with van der Waals surface area (Å²) in [6, 6.07) is 25.2. The predicted octanol–water partition coefficient (Wildman–Crippen LogP) is 5.51. The number of ketones is 1. The van der Waals surface area contributed by atoms with Gasteiger partial charge in [0, 0.05) is 17.4 Å². The summed E-state index contributed by atoms with van der Waals surface area (Å²) in [6.45, 7) is 1.40. The summed E-state index contributed by atoms with van der Waals surface area (Å²) in [5, 5.41) is 0.362. The zero-order valence-electron chi connectivity index (χ0n) is 18.3. The van der Waals surface area contributed by atoms with Gasteiger partial charge in [0.2, 0.25) is 0 Å². The molecule has 0 N–H and O–H groups in total. The van der Waals surface area contributed by atoms with Crippen molar-refractivity contribution < 1.29 is 23.9 Å². The highest BCUT2D eigenvalue weighted by molar-refractivity contribution is 6.31. The summed E-state index contributed by atoms with van der Waals surface area (Å²) in [5.74, 6) is -3.87. The van der Waals surface area contributed by atoms with E-state index in [1.54, 1.807) is 24.3 Å². The molecular weight excluding hydrogens is 440 g/mol. The molecule has 33 heavy (non-hydrogen) atoms. The molecule has 0 amide bonds. The summed E-state index contributed by atoms with van der Waals surface area (Å²) in [7, 11) is 0. The van der Waals surface area contributed by atoms with Crippen molar-refractivity contribution in [3.05, 3.63) is 107 Å². The van der Waals surface area contributed by atoms with Gasteiger partial charge in [0.25, 0.3) is 0 Å². The third kappa shape index (κ3) is 7.02. The van der Waals surface area contributed by atoms with Crippen LogP contribution in [0.15, 0.2) is 84.9 Å². The van der Waals surface area contributed by atoms with Gasteiger partial charge in [0.1, 0.15) is 19.0 Å².